The van der Waals surface area contributed by atoms with Gasteiger partial charge in [-0.3, -0.25) is 9.59 Å². The molecule has 5 nitrogen and oxygen atoms in total. The van der Waals surface area contributed by atoms with Gasteiger partial charge >= 0.3 is 0 Å². The summed E-state index contributed by atoms with van der Waals surface area (Å²) < 4.78 is 5.42. The highest BCUT2D eigenvalue weighted by molar-refractivity contribution is 5.79. The van der Waals surface area contributed by atoms with Gasteiger partial charge in [0.1, 0.15) is 0 Å². The molecule has 0 N–H and O–H groups in total. The van der Waals surface area contributed by atoms with E-state index in [0.29, 0.717) is 13.1 Å². The first kappa shape index (κ1) is 16.3. The van der Waals surface area contributed by atoms with E-state index in [1.807, 2.05) is 16.8 Å². The fourth-order valence-corrected chi connectivity index (χ4v) is 3.43. The minimum absolute atomic E-state index is 0.0778. The SMILES string of the molecule is CC(=O)N1CCC(C(=O)N(C)CC2(C)CCOCC2)CC1. The average Bonchev–Trinajstić information content (AvgIpc) is 2.46. The standard InChI is InChI=1S/C16H28N2O3/c1-13(19)18-8-4-14(5-9-18)15(20)17(3)12-16(2)6-10-21-11-7-16/h14H,4-12H2,1-3H3. The summed E-state index contributed by atoms with van der Waals surface area (Å²) in [5, 5.41) is 0. The van der Waals surface area contributed by atoms with Crippen LogP contribution in [0.25, 0.3) is 0 Å². The van der Waals surface area contributed by atoms with Gasteiger partial charge in [-0.15, -0.1) is 0 Å². The Balaban J connectivity index is 1.84. The van der Waals surface area contributed by atoms with Crippen molar-refractivity contribution in [3.8, 4) is 0 Å². The van der Waals surface area contributed by atoms with E-state index in [0.717, 1.165) is 45.4 Å². The predicted molar refractivity (Wildman–Crippen MR) is 80.8 cm³/mol. The van der Waals surface area contributed by atoms with Crippen LogP contribution in [0.1, 0.15) is 39.5 Å². The van der Waals surface area contributed by atoms with Gasteiger partial charge < -0.3 is 14.5 Å². The molecule has 2 aliphatic rings. The Labute approximate surface area is 127 Å². The largest absolute Gasteiger partial charge is 0.381 e. The first-order valence-electron chi connectivity index (χ1n) is 7.99. The van der Waals surface area contributed by atoms with E-state index in [4.69, 9.17) is 4.74 Å². The number of hydrogen-bond donors (Lipinski definition) is 0. The fraction of sp³-hybridized carbons (Fsp3) is 0.875. The molecule has 21 heavy (non-hydrogen) atoms. The zero-order valence-electron chi connectivity index (χ0n) is 13.6. The summed E-state index contributed by atoms with van der Waals surface area (Å²) in [6.45, 7) is 7.68. The number of ether oxygens (including phenoxy) is 1. The first-order valence-corrected chi connectivity index (χ1v) is 7.99. The first-order chi connectivity index (χ1) is 9.91. The number of nitrogens with zero attached hydrogens (tertiary/aromatic N) is 2. The van der Waals surface area contributed by atoms with Crippen molar-refractivity contribution >= 4 is 11.8 Å². The third-order valence-electron chi connectivity index (χ3n) is 4.98. The van der Waals surface area contributed by atoms with Gasteiger partial charge in [-0.05, 0) is 31.1 Å². The molecule has 0 unspecified atom stereocenters. The molecule has 5 heteroatoms. The maximum atomic E-state index is 12.6. The molecule has 0 spiro atoms. The number of hydrogen-bond acceptors (Lipinski definition) is 3. The van der Waals surface area contributed by atoms with Crippen molar-refractivity contribution < 1.29 is 14.3 Å². The molecule has 120 valence electrons. The lowest BCUT2D eigenvalue weighted by atomic mass is 9.81. The molecule has 0 atom stereocenters. The lowest BCUT2D eigenvalue weighted by Gasteiger charge is -2.39. The van der Waals surface area contributed by atoms with Gasteiger partial charge in [-0.25, -0.2) is 0 Å². The summed E-state index contributed by atoms with van der Waals surface area (Å²) in [7, 11) is 1.92. The molecule has 2 amide bonds. The molecule has 2 fully saturated rings. The van der Waals surface area contributed by atoms with E-state index in [1.165, 1.54) is 0 Å². The topological polar surface area (TPSA) is 49.9 Å². The minimum atomic E-state index is 0.0778. The molecule has 0 aromatic heterocycles. The molecule has 2 saturated heterocycles. The van der Waals surface area contributed by atoms with Crippen LogP contribution < -0.4 is 0 Å². The fourth-order valence-electron chi connectivity index (χ4n) is 3.43. The molecule has 2 aliphatic heterocycles. The van der Waals surface area contributed by atoms with Crippen molar-refractivity contribution in [1.82, 2.24) is 9.80 Å². The van der Waals surface area contributed by atoms with Crippen LogP contribution in [-0.2, 0) is 14.3 Å². The summed E-state index contributed by atoms with van der Waals surface area (Å²) >= 11 is 0. The quantitative estimate of drug-likeness (QED) is 0.793. The Morgan fingerprint density at radius 3 is 2.33 bits per heavy atom. The summed E-state index contributed by atoms with van der Waals surface area (Å²) in [5.74, 6) is 0.434. The molecule has 2 rings (SSSR count). The number of amides is 2. The molecule has 0 aromatic rings. The van der Waals surface area contributed by atoms with Crippen LogP contribution in [0.15, 0.2) is 0 Å². The van der Waals surface area contributed by atoms with Gasteiger partial charge in [0.2, 0.25) is 11.8 Å². The minimum Gasteiger partial charge on any atom is -0.381 e. The number of carbonyl (C=O) groups is 2. The second kappa shape index (κ2) is 6.77. The van der Waals surface area contributed by atoms with Crippen LogP contribution in [-0.4, -0.2) is 61.5 Å². The second-order valence-electron chi connectivity index (χ2n) is 6.90. The highest BCUT2D eigenvalue weighted by Crippen LogP contribution is 2.31. The van der Waals surface area contributed by atoms with Crippen LogP contribution >= 0.6 is 0 Å². The van der Waals surface area contributed by atoms with E-state index in [-0.39, 0.29) is 23.1 Å². The smallest absolute Gasteiger partial charge is 0.225 e. The second-order valence-corrected chi connectivity index (χ2v) is 6.90. The van der Waals surface area contributed by atoms with E-state index < -0.39 is 0 Å². The van der Waals surface area contributed by atoms with Crippen molar-refractivity contribution in [2.45, 2.75) is 39.5 Å². The van der Waals surface area contributed by atoms with Gasteiger partial charge in [0, 0.05) is 52.7 Å². The monoisotopic (exact) mass is 296 g/mol. The van der Waals surface area contributed by atoms with Crippen LogP contribution in [0.2, 0.25) is 0 Å². The molecule has 2 heterocycles. The van der Waals surface area contributed by atoms with Gasteiger partial charge in [0.15, 0.2) is 0 Å². The summed E-state index contributed by atoms with van der Waals surface area (Å²) in [5.41, 5.74) is 0.183. The van der Waals surface area contributed by atoms with Gasteiger partial charge in [-0.2, -0.15) is 0 Å². The zero-order chi connectivity index (χ0) is 15.5. The van der Waals surface area contributed by atoms with Crippen molar-refractivity contribution in [2.24, 2.45) is 11.3 Å². The van der Waals surface area contributed by atoms with E-state index >= 15 is 0 Å². The van der Waals surface area contributed by atoms with E-state index in [9.17, 15) is 9.59 Å². The third-order valence-corrected chi connectivity index (χ3v) is 4.98. The van der Waals surface area contributed by atoms with Crippen LogP contribution in [0, 0.1) is 11.3 Å². The summed E-state index contributed by atoms with van der Waals surface area (Å²) in [6, 6.07) is 0. The molecule has 0 saturated carbocycles. The highest BCUT2D eigenvalue weighted by Gasteiger charge is 2.33. The normalized spacial score (nSPS) is 22.9. The van der Waals surface area contributed by atoms with Crippen LogP contribution in [0.5, 0.6) is 0 Å². The van der Waals surface area contributed by atoms with E-state index in [1.54, 1.807) is 6.92 Å². The lowest BCUT2D eigenvalue weighted by molar-refractivity contribution is -0.140. The van der Waals surface area contributed by atoms with Crippen molar-refractivity contribution in [3.63, 3.8) is 0 Å². The van der Waals surface area contributed by atoms with Crippen LogP contribution in [0.3, 0.4) is 0 Å². The Hall–Kier alpha value is -1.10. The predicted octanol–water partition coefficient (Wildman–Crippen LogP) is 1.52. The van der Waals surface area contributed by atoms with Crippen molar-refractivity contribution in [2.75, 3.05) is 39.9 Å². The number of rotatable bonds is 3. The Morgan fingerprint density at radius 2 is 1.81 bits per heavy atom. The molecular formula is C16H28N2O3. The van der Waals surface area contributed by atoms with Crippen molar-refractivity contribution in [1.29, 1.82) is 0 Å². The highest BCUT2D eigenvalue weighted by atomic mass is 16.5. The van der Waals surface area contributed by atoms with Gasteiger partial charge in [0.25, 0.3) is 0 Å². The Morgan fingerprint density at radius 1 is 1.24 bits per heavy atom. The molecule has 0 aliphatic carbocycles. The molecule has 0 aromatic carbocycles. The van der Waals surface area contributed by atoms with Gasteiger partial charge in [-0.1, -0.05) is 6.92 Å². The number of carbonyl (C=O) groups excluding carboxylic acids is 2. The molecule has 0 bridgehead atoms. The van der Waals surface area contributed by atoms with Crippen LogP contribution in [0.4, 0.5) is 0 Å². The summed E-state index contributed by atoms with van der Waals surface area (Å²) in [4.78, 5) is 27.7. The van der Waals surface area contributed by atoms with E-state index in [2.05, 4.69) is 6.92 Å². The number of piperidine rings is 1. The van der Waals surface area contributed by atoms with Gasteiger partial charge in [0.05, 0.1) is 0 Å². The zero-order valence-corrected chi connectivity index (χ0v) is 13.6. The van der Waals surface area contributed by atoms with Crippen molar-refractivity contribution in [3.05, 3.63) is 0 Å². The lowest BCUT2D eigenvalue weighted by Crippen LogP contribution is -2.46. The Kier molecular flexibility index (Phi) is 5.25. The maximum Gasteiger partial charge on any atom is 0.225 e. The molecular weight excluding hydrogens is 268 g/mol. The third kappa shape index (κ3) is 4.19. The number of likely N-dealkylation sites (tertiary alicyclic amines) is 1. The summed E-state index contributed by atoms with van der Waals surface area (Å²) in [6.07, 6.45) is 3.63. The maximum absolute atomic E-state index is 12.6. The Bertz CT molecular complexity index is 383. The molecule has 0 radical (unpaired) electrons. The average molecular weight is 296 g/mol.